The van der Waals surface area contributed by atoms with Gasteiger partial charge in [-0.05, 0) is 19.1 Å². The number of hydrogen-bond acceptors (Lipinski definition) is 2. The Morgan fingerprint density at radius 2 is 2.29 bits per heavy atom. The standard InChI is InChI=1S/C9H9Br2NO2/c1-5(9(13)14)8-3-6(11)2-7(4-10)12-8/h2-3,5H,4H2,1H3,(H,13,14). The monoisotopic (exact) mass is 321 g/mol. The summed E-state index contributed by atoms with van der Waals surface area (Å²) in [5, 5.41) is 9.44. The van der Waals surface area contributed by atoms with Crippen molar-refractivity contribution in [2.24, 2.45) is 0 Å². The summed E-state index contributed by atoms with van der Waals surface area (Å²) >= 11 is 6.60. The third-order valence-electron chi connectivity index (χ3n) is 1.81. The molecule has 1 N–H and O–H groups in total. The minimum atomic E-state index is -0.865. The van der Waals surface area contributed by atoms with Crippen LogP contribution in [-0.4, -0.2) is 16.1 Å². The van der Waals surface area contributed by atoms with E-state index in [1.165, 1.54) is 0 Å². The molecule has 0 saturated heterocycles. The molecular weight excluding hydrogens is 314 g/mol. The fraction of sp³-hybridized carbons (Fsp3) is 0.333. The lowest BCUT2D eigenvalue weighted by Gasteiger charge is -2.07. The molecule has 0 spiro atoms. The van der Waals surface area contributed by atoms with E-state index in [1.807, 2.05) is 6.07 Å². The lowest BCUT2D eigenvalue weighted by atomic mass is 10.1. The molecule has 1 rings (SSSR count). The van der Waals surface area contributed by atoms with Crippen molar-refractivity contribution in [2.45, 2.75) is 18.2 Å². The summed E-state index contributed by atoms with van der Waals surface area (Å²) in [7, 11) is 0. The van der Waals surface area contributed by atoms with E-state index in [4.69, 9.17) is 5.11 Å². The topological polar surface area (TPSA) is 50.2 Å². The summed E-state index contributed by atoms with van der Waals surface area (Å²) in [6.45, 7) is 1.62. The van der Waals surface area contributed by atoms with Crippen LogP contribution in [0.5, 0.6) is 0 Å². The number of carboxylic acids is 1. The number of hydrogen-bond donors (Lipinski definition) is 1. The van der Waals surface area contributed by atoms with E-state index in [0.29, 0.717) is 11.0 Å². The second-order valence-electron chi connectivity index (χ2n) is 2.90. The largest absolute Gasteiger partial charge is 0.481 e. The van der Waals surface area contributed by atoms with E-state index >= 15 is 0 Å². The van der Waals surface area contributed by atoms with E-state index in [9.17, 15) is 4.79 Å². The molecule has 0 aromatic carbocycles. The van der Waals surface area contributed by atoms with Crippen LogP contribution in [0.1, 0.15) is 24.2 Å². The van der Waals surface area contributed by atoms with Gasteiger partial charge in [-0.3, -0.25) is 9.78 Å². The summed E-state index contributed by atoms with van der Waals surface area (Å²) in [6.07, 6.45) is 0. The molecule has 1 atom stereocenters. The van der Waals surface area contributed by atoms with Gasteiger partial charge in [-0.15, -0.1) is 0 Å². The van der Waals surface area contributed by atoms with Crippen molar-refractivity contribution < 1.29 is 9.90 Å². The van der Waals surface area contributed by atoms with Crippen molar-refractivity contribution in [1.29, 1.82) is 0 Å². The quantitative estimate of drug-likeness (QED) is 0.870. The second kappa shape index (κ2) is 4.89. The van der Waals surface area contributed by atoms with Crippen LogP contribution in [0.25, 0.3) is 0 Å². The smallest absolute Gasteiger partial charge is 0.312 e. The van der Waals surface area contributed by atoms with Crippen LogP contribution < -0.4 is 0 Å². The second-order valence-corrected chi connectivity index (χ2v) is 4.37. The van der Waals surface area contributed by atoms with Gasteiger partial charge in [0.15, 0.2) is 0 Å². The lowest BCUT2D eigenvalue weighted by molar-refractivity contribution is -0.138. The van der Waals surface area contributed by atoms with Crippen LogP contribution in [-0.2, 0) is 10.1 Å². The predicted molar refractivity (Wildman–Crippen MR) is 60.6 cm³/mol. The number of aromatic nitrogens is 1. The van der Waals surface area contributed by atoms with Gasteiger partial charge in [0, 0.05) is 9.80 Å². The van der Waals surface area contributed by atoms with Gasteiger partial charge in [0.2, 0.25) is 0 Å². The normalized spacial score (nSPS) is 12.5. The molecule has 0 bridgehead atoms. The molecule has 0 radical (unpaired) electrons. The lowest BCUT2D eigenvalue weighted by Crippen LogP contribution is -2.10. The Hall–Kier alpha value is -0.420. The zero-order valence-corrected chi connectivity index (χ0v) is 10.7. The van der Waals surface area contributed by atoms with Crippen molar-refractivity contribution in [2.75, 3.05) is 0 Å². The first-order valence-electron chi connectivity index (χ1n) is 3.99. The van der Waals surface area contributed by atoms with Crippen LogP contribution >= 0.6 is 31.9 Å². The summed E-state index contributed by atoms with van der Waals surface area (Å²) in [6, 6.07) is 3.58. The van der Waals surface area contributed by atoms with Crippen molar-refractivity contribution in [1.82, 2.24) is 4.98 Å². The van der Waals surface area contributed by atoms with Crippen molar-refractivity contribution >= 4 is 37.8 Å². The maximum atomic E-state index is 10.7. The minimum absolute atomic E-state index is 0.571. The Kier molecular flexibility index (Phi) is 4.07. The molecule has 1 unspecified atom stereocenters. The van der Waals surface area contributed by atoms with Crippen LogP contribution in [0.2, 0.25) is 0 Å². The molecule has 76 valence electrons. The Balaban J connectivity index is 3.08. The molecule has 0 aliphatic carbocycles. The van der Waals surface area contributed by atoms with Crippen LogP contribution in [0.15, 0.2) is 16.6 Å². The highest BCUT2D eigenvalue weighted by molar-refractivity contribution is 9.10. The van der Waals surface area contributed by atoms with Gasteiger partial charge >= 0.3 is 5.97 Å². The number of carboxylic acid groups (broad SMARTS) is 1. The summed E-state index contributed by atoms with van der Waals surface area (Å²) in [4.78, 5) is 15.0. The fourth-order valence-corrected chi connectivity index (χ4v) is 1.78. The highest BCUT2D eigenvalue weighted by Crippen LogP contribution is 2.20. The third kappa shape index (κ3) is 2.78. The van der Waals surface area contributed by atoms with Crippen molar-refractivity contribution in [3.05, 3.63) is 28.0 Å². The van der Waals surface area contributed by atoms with Crippen LogP contribution in [0, 0.1) is 0 Å². The van der Waals surface area contributed by atoms with Gasteiger partial charge < -0.3 is 5.11 Å². The first-order valence-corrected chi connectivity index (χ1v) is 5.91. The predicted octanol–water partition coefficient (Wildman–Crippen LogP) is 2.93. The molecule has 0 aliphatic heterocycles. The highest BCUT2D eigenvalue weighted by Gasteiger charge is 2.16. The average Bonchev–Trinajstić information content (AvgIpc) is 2.15. The molecule has 1 heterocycles. The van der Waals surface area contributed by atoms with E-state index in [2.05, 4.69) is 36.8 Å². The Morgan fingerprint density at radius 1 is 1.64 bits per heavy atom. The van der Waals surface area contributed by atoms with Crippen molar-refractivity contribution in [3.8, 4) is 0 Å². The number of rotatable bonds is 3. The Labute approximate surface area is 98.8 Å². The zero-order valence-electron chi connectivity index (χ0n) is 7.50. The van der Waals surface area contributed by atoms with Crippen LogP contribution in [0.4, 0.5) is 0 Å². The number of halogens is 2. The maximum Gasteiger partial charge on any atom is 0.312 e. The molecule has 1 aromatic heterocycles. The van der Waals surface area contributed by atoms with Gasteiger partial charge in [0.1, 0.15) is 0 Å². The number of aliphatic carboxylic acids is 1. The van der Waals surface area contributed by atoms with E-state index < -0.39 is 11.9 Å². The van der Waals surface area contributed by atoms with Gasteiger partial charge in [-0.2, -0.15) is 0 Å². The molecule has 3 nitrogen and oxygen atoms in total. The average molecular weight is 323 g/mol. The third-order valence-corrected chi connectivity index (χ3v) is 2.85. The molecular formula is C9H9Br2NO2. The van der Waals surface area contributed by atoms with Crippen LogP contribution in [0.3, 0.4) is 0 Å². The molecule has 0 saturated carbocycles. The maximum absolute atomic E-state index is 10.7. The molecule has 0 fully saturated rings. The zero-order chi connectivity index (χ0) is 10.7. The van der Waals surface area contributed by atoms with Gasteiger partial charge in [-0.25, -0.2) is 0 Å². The van der Waals surface area contributed by atoms with Gasteiger partial charge in [-0.1, -0.05) is 31.9 Å². The van der Waals surface area contributed by atoms with E-state index in [0.717, 1.165) is 10.2 Å². The molecule has 5 heteroatoms. The van der Waals surface area contributed by atoms with Gasteiger partial charge in [0.05, 0.1) is 17.3 Å². The summed E-state index contributed by atoms with van der Waals surface area (Å²) in [5.41, 5.74) is 1.39. The minimum Gasteiger partial charge on any atom is -0.481 e. The summed E-state index contributed by atoms with van der Waals surface area (Å²) < 4.78 is 0.852. The fourth-order valence-electron chi connectivity index (χ4n) is 0.989. The summed E-state index contributed by atoms with van der Waals surface area (Å²) in [5.74, 6) is -1.44. The first kappa shape index (κ1) is 11.7. The SMILES string of the molecule is CC(C(=O)O)c1cc(Br)cc(CBr)n1. The highest BCUT2D eigenvalue weighted by atomic mass is 79.9. The first-order chi connectivity index (χ1) is 6.54. The molecule has 14 heavy (non-hydrogen) atoms. The number of alkyl halides is 1. The Bertz CT molecular complexity index is 355. The molecule has 0 amide bonds. The number of pyridine rings is 1. The number of nitrogens with zero attached hydrogens (tertiary/aromatic N) is 1. The van der Waals surface area contributed by atoms with E-state index in [1.54, 1.807) is 13.0 Å². The number of carbonyl (C=O) groups is 1. The molecule has 0 aliphatic rings. The Morgan fingerprint density at radius 3 is 2.79 bits per heavy atom. The van der Waals surface area contributed by atoms with Crippen molar-refractivity contribution in [3.63, 3.8) is 0 Å². The van der Waals surface area contributed by atoms with Gasteiger partial charge in [0.25, 0.3) is 0 Å². The molecule has 1 aromatic rings. The van der Waals surface area contributed by atoms with E-state index in [-0.39, 0.29) is 0 Å².